The van der Waals surface area contributed by atoms with Crippen molar-refractivity contribution >= 4 is 10.0 Å². The Morgan fingerprint density at radius 2 is 1.77 bits per heavy atom. The summed E-state index contributed by atoms with van der Waals surface area (Å²) in [6.07, 6.45) is 3.46. The van der Waals surface area contributed by atoms with E-state index in [2.05, 4.69) is 9.62 Å². The van der Waals surface area contributed by atoms with Crippen LogP contribution < -0.4 is 4.72 Å². The van der Waals surface area contributed by atoms with Gasteiger partial charge in [0.05, 0.1) is 5.75 Å². The molecule has 0 bridgehead atoms. The van der Waals surface area contributed by atoms with Gasteiger partial charge < -0.3 is 4.90 Å². The Hall–Kier alpha value is -1.05. The molecule has 1 heterocycles. The van der Waals surface area contributed by atoms with E-state index in [-0.39, 0.29) is 6.04 Å². The van der Waals surface area contributed by atoms with Crippen molar-refractivity contribution in [2.24, 2.45) is 0 Å². The molecule has 1 saturated heterocycles. The molecule has 1 fully saturated rings. The molecule has 1 aliphatic rings. The van der Waals surface area contributed by atoms with Gasteiger partial charge in [-0.15, -0.1) is 0 Å². The van der Waals surface area contributed by atoms with E-state index in [4.69, 9.17) is 0 Å². The summed E-state index contributed by atoms with van der Waals surface area (Å²) in [6, 6.07) is 3.04. The zero-order valence-electron chi connectivity index (χ0n) is 12.7. The van der Waals surface area contributed by atoms with Crippen LogP contribution in [0, 0.1) is 11.6 Å². The van der Waals surface area contributed by atoms with Crippen LogP contribution in [0.3, 0.4) is 0 Å². The van der Waals surface area contributed by atoms with Gasteiger partial charge in [-0.05, 0) is 45.0 Å². The summed E-state index contributed by atoms with van der Waals surface area (Å²) in [6.45, 7) is 4.31. The zero-order valence-corrected chi connectivity index (χ0v) is 13.5. The Kier molecular flexibility index (Phi) is 5.88. The summed E-state index contributed by atoms with van der Waals surface area (Å²) < 4.78 is 53.8. The van der Waals surface area contributed by atoms with Crippen molar-refractivity contribution < 1.29 is 17.2 Å². The van der Waals surface area contributed by atoms with Crippen molar-refractivity contribution in [1.82, 2.24) is 9.62 Å². The van der Waals surface area contributed by atoms with Crippen molar-refractivity contribution in [2.75, 3.05) is 19.6 Å². The third kappa shape index (κ3) is 5.00. The Morgan fingerprint density at radius 1 is 1.18 bits per heavy atom. The fraction of sp³-hybridized carbons (Fsp3) is 0.600. The number of nitrogens with one attached hydrogen (secondary N) is 1. The number of rotatable bonds is 6. The first-order chi connectivity index (χ1) is 10.4. The van der Waals surface area contributed by atoms with Gasteiger partial charge in [0.1, 0.15) is 11.6 Å². The molecule has 2 rings (SSSR count). The largest absolute Gasteiger partial charge is 0.302 e. The third-order valence-electron chi connectivity index (χ3n) is 3.76. The van der Waals surface area contributed by atoms with Crippen molar-refractivity contribution in [1.29, 1.82) is 0 Å². The molecule has 4 nitrogen and oxygen atoms in total. The first kappa shape index (κ1) is 17.3. The highest BCUT2D eigenvalue weighted by molar-refractivity contribution is 7.88. The van der Waals surface area contributed by atoms with E-state index in [1.807, 2.05) is 0 Å². The topological polar surface area (TPSA) is 49.4 Å². The SMILES string of the molecule is CC(CN1CCCCC1)NS(=O)(=O)Cc1c(F)cccc1F. The third-order valence-corrected chi connectivity index (χ3v) is 5.19. The van der Waals surface area contributed by atoms with Gasteiger partial charge in [-0.2, -0.15) is 0 Å². The van der Waals surface area contributed by atoms with Crippen LogP contribution in [0.25, 0.3) is 0 Å². The summed E-state index contributed by atoms with van der Waals surface area (Å²) in [5.74, 6) is -2.36. The maximum atomic E-state index is 13.6. The second-order valence-electron chi connectivity index (χ2n) is 5.84. The van der Waals surface area contributed by atoms with Crippen molar-refractivity contribution in [3.8, 4) is 0 Å². The average Bonchev–Trinajstić information content (AvgIpc) is 2.43. The van der Waals surface area contributed by atoms with Crippen LogP contribution in [-0.4, -0.2) is 39.0 Å². The van der Waals surface area contributed by atoms with Crippen LogP contribution in [0.1, 0.15) is 31.7 Å². The number of sulfonamides is 1. The average molecular weight is 332 g/mol. The Morgan fingerprint density at radius 3 is 2.36 bits per heavy atom. The molecule has 1 unspecified atom stereocenters. The number of likely N-dealkylation sites (tertiary alicyclic amines) is 1. The smallest absolute Gasteiger partial charge is 0.216 e. The molecule has 0 spiro atoms. The second kappa shape index (κ2) is 7.48. The molecule has 0 aliphatic carbocycles. The van der Waals surface area contributed by atoms with Gasteiger partial charge in [0.2, 0.25) is 10.0 Å². The van der Waals surface area contributed by atoms with E-state index in [1.165, 1.54) is 12.5 Å². The molecular formula is C15H22F2N2O2S. The quantitative estimate of drug-likeness (QED) is 0.869. The molecule has 7 heteroatoms. The number of nitrogens with zero attached hydrogens (tertiary/aromatic N) is 1. The Bertz CT molecular complexity index is 581. The first-order valence-corrected chi connectivity index (χ1v) is 9.18. The maximum Gasteiger partial charge on any atom is 0.216 e. The standard InChI is InChI=1S/C15H22F2N2O2S/c1-12(10-19-8-3-2-4-9-19)18-22(20,21)11-13-14(16)6-5-7-15(13)17/h5-7,12,18H,2-4,8-11H2,1H3. The summed E-state index contributed by atoms with van der Waals surface area (Å²) >= 11 is 0. The van der Waals surface area contributed by atoms with Crippen molar-refractivity contribution in [3.63, 3.8) is 0 Å². The fourth-order valence-electron chi connectivity index (χ4n) is 2.77. The first-order valence-electron chi connectivity index (χ1n) is 7.52. The van der Waals surface area contributed by atoms with E-state index >= 15 is 0 Å². The molecule has 1 N–H and O–H groups in total. The highest BCUT2D eigenvalue weighted by atomic mass is 32.2. The molecule has 124 valence electrons. The predicted octanol–water partition coefficient (Wildman–Crippen LogP) is 2.26. The molecule has 0 saturated carbocycles. The van der Waals surface area contributed by atoms with Gasteiger partial charge in [-0.25, -0.2) is 21.9 Å². The lowest BCUT2D eigenvalue weighted by atomic mass is 10.1. The normalized spacial score (nSPS) is 18.3. The Labute approximate surface area is 130 Å². The van der Waals surface area contributed by atoms with E-state index in [1.54, 1.807) is 6.92 Å². The van der Waals surface area contributed by atoms with Crippen molar-refractivity contribution in [2.45, 2.75) is 38.0 Å². The van der Waals surface area contributed by atoms with Crippen LogP contribution >= 0.6 is 0 Å². The molecule has 0 amide bonds. The van der Waals surface area contributed by atoms with Crippen LogP contribution in [0.5, 0.6) is 0 Å². The molecule has 1 atom stereocenters. The second-order valence-corrected chi connectivity index (χ2v) is 7.59. The van der Waals surface area contributed by atoms with Crippen LogP contribution in [-0.2, 0) is 15.8 Å². The highest BCUT2D eigenvalue weighted by Crippen LogP contribution is 2.15. The minimum atomic E-state index is -3.79. The summed E-state index contributed by atoms with van der Waals surface area (Å²) in [4.78, 5) is 2.21. The van der Waals surface area contributed by atoms with Gasteiger partial charge in [-0.3, -0.25) is 0 Å². The summed E-state index contributed by atoms with van der Waals surface area (Å²) in [5, 5.41) is 0. The highest BCUT2D eigenvalue weighted by Gasteiger charge is 2.21. The van der Waals surface area contributed by atoms with E-state index < -0.39 is 33.0 Å². The lowest BCUT2D eigenvalue weighted by Crippen LogP contribution is -2.44. The van der Waals surface area contributed by atoms with Gasteiger partial charge in [0.25, 0.3) is 0 Å². The Balaban J connectivity index is 1.95. The lowest BCUT2D eigenvalue weighted by molar-refractivity contribution is 0.215. The fourth-order valence-corrected chi connectivity index (χ4v) is 4.20. The maximum absolute atomic E-state index is 13.6. The van der Waals surface area contributed by atoms with Gasteiger partial charge >= 0.3 is 0 Å². The minimum absolute atomic E-state index is 0.294. The molecular weight excluding hydrogens is 310 g/mol. The number of hydrogen-bond donors (Lipinski definition) is 1. The molecule has 0 aromatic heterocycles. The summed E-state index contributed by atoms with van der Waals surface area (Å²) in [7, 11) is -3.79. The van der Waals surface area contributed by atoms with Crippen molar-refractivity contribution in [3.05, 3.63) is 35.4 Å². The molecule has 1 aliphatic heterocycles. The number of halogens is 2. The van der Waals surface area contributed by atoms with E-state index in [9.17, 15) is 17.2 Å². The van der Waals surface area contributed by atoms with Gasteiger partial charge in [0, 0.05) is 18.2 Å². The van der Waals surface area contributed by atoms with Gasteiger partial charge in [-0.1, -0.05) is 12.5 Å². The molecule has 1 aromatic carbocycles. The van der Waals surface area contributed by atoms with Crippen LogP contribution in [0.4, 0.5) is 8.78 Å². The monoisotopic (exact) mass is 332 g/mol. The van der Waals surface area contributed by atoms with Crippen LogP contribution in [0.15, 0.2) is 18.2 Å². The molecule has 1 aromatic rings. The number of piperidine rings is 1. The van der Waals surface area contributed by atoms with Gasteiger partial charge in [0.15, 0.2) is 0 Å². The van der Waals surface area contributed by atoms with E-state index in [0.717, 1.165) is 38.1 Å². The zero-order chi connectivity index (χ0) is 16.2. The number of benzene rings is 1. The number of hydrogen-bond acceptors (Lipinski definition) is 3. The molecule has 0 radical (unpaired) electrons. The summed E-state index contributed by atoms with van der Waals surface area (Å²) in [5.41, 5.74) is -0.417. The van der Waals surface area contributed by atoms with E-state index in [0.29, 0.717) is 6.54 Å². The molecule has 22 heavy (non-hydrogen) atoms. The minimum Gasteiger partial charge on any atom is -0.302 e. The predicted molar refractivity (Wildman–Crippen MR) is 81.9 cm³/mol. The lowest BCUT2D eigenvalue weighted by Gasteiger charge is -2.29. The van der Waals surface area contributed by atoms with Crippen LogP contribution in [0.2, 0.25) is 0 Å².